The lowest BCUT2D eigenvalue weighted by atomic mass is 10.1. The van der Waals surface area contributed by atoms with Gasteiger partial charge >= 0.3 is 5.97 Å². The van der Waals surface area contributed by atoms with Crippen molar-refractivity contribution < 1.29 is 14.7 Å². The van der Waals surface area contributed by atoms with Crippen LogP contribution in [0.1, 0.15) is 24.5 Å². The highest BCUT2D eigenvalue weighted by Gasteiger charge is 2.11. The maximum absolute atomic E-state index is 11.8. The fourth-order valence-corrected chi connectivity index (χ4v) is 2.43. The minimum atomic E-state index is -0.838. The minimum absolute atomic E-state index is 0.0673. The van der Waals surface area contributed by atoms with E-state index in [9.17, 15) is 9.59 Å². The van der Waals surface area contributed by atoms with Gasteiger partial charge in [-0.25, -0.2) is 0 Å². The van der Waals surface area contributed by atoms with Crippen LogP contribution in [0.2, 0.25) is 0 Å². The summed E-state index contributed by atoms with van der Waals surface area (Å²) >= 11 is 1.35. The molecule has 2 N–H and O–H groups in total. The molecule has 0 radical (unpaired) electrons. The third kappa shape index (κ3) is 5.79. The van der Waals surface area contributed by atoms with E-state index in [0.717, 1.165) is 16.8 Å². The van der Waals surface area contributed by atoms with Crippen molar-refractivity contribution in [2.24, 2.45) is 0 Å². The third-order valence-corrected chi connectivity index (χ3v) is 3.78. The number of rotatable bonds is 6. The molecule has 0 fully saturated rings. The molecule has 0 aliphatic carbocycles. The van der Waals surface area contributed by atoms with Crippen LogP contribution < -0.4 is 5.32 Å². The Bertz CT molecular complexity index is 474. The quantitative estimate of drug-likeness (QED) is 0.841. The summed E-state index contributed by atoms with van der Waals surface area (Å²) in [5, 5.41) is 11.4. The molecule has 1 unspecified atom stereocenters. The summed E-state index contributed by atoms with van der Waals surface area (Å²) in [6.45, 7) is 5.76. The number of carbonyl (C=O) groups is 2. The normalized spacial score (nSPS) is 11.9. The lowest BCUT2D eigenvalue weighted by molar-refractivity contribution is -0.136. The first-order valence-corrected chi connectivity index (χ1v) is 7.14. The second-order valence-electron chi connectivity index (χ2n) is 4.59. The summed E-state index contributed by atoms with van der Waals surface area (Å²) in [5.41, 5.74) is 2.99. The topological polar surface area (TPSA) is 66.4 Å². The molecule has 5 heteroatoms. The zero-order valence-corrected chi connectivity index (χ0v) is 12.2. The highest BCUT2D eigenvalue weighted by Crippen LogP contribution is 2.18. The molecule has 1 atom stereocenters. The van der Waals surface area contributed by atoms with Gasteiger partial charge in [0, 0.05) is 10.9 Å². The third-order valence-electron chi connectivity index (χ3n) is 2.62. The molecule has 1 aromatic carbocycles. The largest absolute Gasteiger partial charge is 0.481 e. The maximum atomic E-state index is 11.8. The van der Waals surface area contributed by atoms with Crippen LogP contribution >= 0.6 is 11.8 Å². The van der Waals surface area contributed by atoms with E-state index in [1.54, 1.807) is 0 Å². The molecular formula is C14H19NO3S. The van der Waals surface area contributed by atoms with Gasteiger partial charge in [0.1, 0.15) is 0 Å². The van der Waals surface area contributed by atoms with Crippen molar-refractivity contribution in [1.82, 2.24) is 0 Å². The summed E-state index contributed by atoms with van der Waals surface area (Å²) in [5.74, 6) is -0.675. The zero-order valence-electron chi connectivity index (χ0n) is 11.4. The average Bonchev–Trinajstić information content (AvgIpc) is 2.29. The number of carboxylic acids is 1. The standard InChI is InChI=1S/C14H19NO3S/c1-9-4-5-12(10(2)6-9)15-13(16)8-19-11(3)7-14(17)18/h4-6,11H,7-8H2,1-3H3,(H,15,16)(H,17,18). The summed E-state index contributed by atoms with van der Waals surface area (Å²) < 4.78 is 0. The molecule has 1 rings (SSSR count). The number of hydrogen-bond acceptors (Lipinski definition) is 3. The van der Waals surface area contributed by atoms with Gasteiger partial charge in [0.05, 0.1) is 12.2 Å². The summed E-state index contributed by atoms with van der Waals surface area (Å²) in [6.07, 6.45) is 0.0709. The van der Waals surface area contributed by atoms with Gasteiger partial charge in [-0.05, 0) is 25.5 Å². The molecule has 0 saturated carbocycles. The van der Waals surface area contributed by atoms with Crippen molar-refractivity contribution in [3.05, 3.63) is 29.3 Å². The molecule has 0 saturated heterocycles. The van der Waals surface area contributed by atoms with Crippen LogP contribution in [0.3, 0.4) is 0 Å². The molecule has 104 valence electrons. The number of carboxylic acid groups (broad SMARTS) is 1. The first kappa shape index (κ1) is 15.6. The first-order valence-electron chi connectivity index (χ1n) is 6.09. The average molecular weight is 281 g/mol. The number of carbonyl (C=O) groups excluding carboxylic acids is 1. The van der Waals surface area contributed by atoms with Gasteiger partial charge in [-0.15, -0.1) is 11.8 Å². The SMILES string of the molecule is Cc1ccc(NC(=O)CSC(C)CC(=O)O)c(C)c1. The Morgan fingerprint density at radius 3 is 2.63 bits per heavy atom. The Hall–Kier alpha value is -1.49. The van der Waals surface area contributed by atoms with E-state index in [1.165, 1.54) is 11.8 Å². The van der Waals surface area contributed by atoms with E-state index in [0.29, 0.717) is 0 Å². The minimum Gasteiger partial charge on any atom is -0.481 e. The van der Waals surface area contributed by atoms with E-state index in [1.807, 2.05) is 39.0 Å². The van der Waals surface area contributed by atoms with E-state index < -0.39 is 5.97 Å². The Morgan fingerprint density at radius 2 is 2.05 bits per heavy atom. The van der Waals surface area contributed by atoms with Gasteiger partial charge in [-0.1, -0.05) is 24.6 Å². The van der Waals surface area contributed by atoms with Crippen molar-refractivity contribution in [2.75, 3.05) is 11.1 Å². The van der Waals surface area contributed by atoms with Gasteiger partial charge in [-0.2, -0.15) is 0 Å². The van der Waals surface area contributed by atoms with Crippen molar-refractivity contribution in [1.29, 1.82) is 0 Å². The molecule has 19 heavy (non-hydrogen) atoms. The number of aliphatic carboxylic acids is 1. The summed E-state index contributed by atoms with van der Waals surface area (Å²) in [6, 6.07) is 5.84. The predicted molar refractivity (Wildman–Crippen MR) is 78.7 cm³/mol. The molecule has 0 aliphatic heterocycles. The Kier molecular flexibility index (Phi) is 5.89. The fraction of sp³-hybridized carbons (Fsp3) is 0.429. The molecule has 4 nitrogen and oxygen atoms in total. The van der Waals surface area contributed by atoms with Crippen LogP contribution in [-0.4, -0.2) is 28.0 Å². The van der Waals surface area contributed by atoms with Crippen molar-refractivity contribution in [2.45, 2.75) is 32.4 Å². The van der Waals surface area contributed by atoms with Crippen LogP contribution in [-0.2, 0) is 9.59 Å². The smallest absolute Gasteiger partial charge is 0.304 e. The fourth-order valence-electron chi connectivity index (χ4n) is 1.66. The molecule has 1 aromatic rings. The van der Waals surface area contributed by atoms with Gasteiger partial charge in [0.25, 0.3) is 0 Å². The van der Waals surface area contributed by atoms with Gasteiger partial charge in [0.15, 0.2) is 0 Å². The number of thioether (sulfide) groups is 1. The van der Waals surface area contributed by atoms with Crippen LogP contribution in [0.5, 0.6) is 0 Å². The maximum Gasteiger partial charge on any atom is 0.304 e. The van der Waals surface area contributed by atoms with E-state index in [2.05, 4.69) is 5.32 Å². The van der Waals surface area contributed by atoms with E-state index in [-0.39, 0.29) is 23.3 Å². The Labute approximate surface area is 117 Å². The predicted octanol–water partition coefficient (Wildman–Crippen LogP) is 2.84. The lowest BCUT2D eigenvalue weighted by Crippen LogP contribution is -2.17. The van der Waals surface area contributed by atoms with Crippen LogP contribution in [0, 0.1) is 13.8 Å². The van der Waals surface area contributed by atoms with Crippen LogP contribution in [0.15, 0.2) is 18.2 Å². The van der Waals surface area contributed by atoms with Gasteiger partial charge in [0.2, 0.25) is 5.91 Å². The van der Waals surface area contributed by atoms with Crippen LogP contribution in [0.4, 0.5) is 5.69 Å². The number of anilines is 1. The molecular weight excluding hydrogens is 262 g/mol. The van der Waals surface area contributed by atoms with Gasteiger partial charge < -0.3 is 10.4 Å². The van der Waals surface area contributed by atoms with Crippen molar-refractivity contribution in [3.63, 3.8) is 0 Å². The molecule has 0 aliphatic rings. The highest BCUT2D eigenvalue weighted by atomic mass is 32.2. The van der Waals surface area contributed by atoms with E-state index in [4.69, 9.17) is 5.11 Å². The number of hydrogen-bond donors (Lipinski definition) is 2. The summed E-state index contributed by atoms with van der Waals surface area (Å²) in [7, 11) is 0. The molecule has 0 spiro atoms. The van der Waals surface area contributed by atoms with Crippen LogP contribution in [0.25, 0.3) is 0 Å². The highest BCUT2D eigenvalue weighted by molar-refractivity contribution is 8.00. The molecule has 0 heterocycles. The molecule has 1 amide bonds. The molecule has 0 aromatic heterocycles. The summed E-state index contributed by atoms with van der Waals surface area (Å²) in [4.78, 5) is 22.3. The van der Waals surface area contributed by atoms with Crippen molar-refractivity contribution >= 4 is 29.3 Å². The zero-order chi connectivity index (χ0) is 14.4. The number of amides is 1. The second kappa shape index (κ2) is 7.19. The Balaban J connectivity index is 2.45. The first-order chi connectivity index (χ1) is 8.88. The van der Waals surface area contributed by atoms with Gasteiger partial charge in [-0.3, -0.25) is 9.59 Å². The number of aryl methyl sites for hydroxylation is 2. The monoisotopic (exact) mass is 281 g/mol. The number of nitrogens with one attached hydrogen (secondary N) is 1. The van der Waals surface area contributed by atoms with Crippen molar-refractivity contribution in [3.8, 4) is 0 Å². The molecule has 0 bridgehead atoms. The second-order valence-corrected chi connectivity index (χ2v) is 6.01. The Morgan fingerprint density at radius 1 is 1.37 bits per heavy atom. The number of benzene rings is 1. The van der Waals surface area contributed by atoms with E-state index >= 15 is 0 Å². The lowest BCUT2D eigenvalue weighted by Gasteiger charge is -2.11.